The topological polar surface area (TPSA) is 59.2 Å². The third-order valence-corrected chi connectivity index (χ3v) is 4.37. The molecule has 20 heavy (non-hydrogen) atoms. The van der Waals surface area contributed by atoms with Crippen molar-refractivity contribution in [1.82, 2.24) is 15.0 Å². The van der Waals surface area contributed by atoms with Gasteiger partial charge < -0.3 is 9.42 Å². The Hall–Kier alpha value is -1.39. The van der Waals surface area contributed by atoms with Gasteiger partial charge in [-0.1, -0.05) is 32.9 Å². The molecule has 0 bridgehead atoms. The van der Waals surface area contributed by atoms with Gasteiger partial charge >= 0.3 is 0 Å². The van der Waals surface area contributed by atoms with Crippen molar-refractivity contribution in [3.05, 3.63) is 11.7 Å². The molecule has 5 heteroatoms. The van der Waals surface area contributed by atoms with Gasteiger partial charge in [-0.2, -0.15) is 4.98 Å². The van der Waals surface area contributed by atoms with Gasteiger partial charge in [0.2, 0.25) is 11.8 Å². The summed E-state index contributed by atoms with van der Waals surface area (Å²) in [4.78, 5) is 18.7. The molecule has 1 saturated heterocycles. The molecule has 1 aliphatic heterocycles. The van der Waals surface area contributed by atoms with E-state index in [1.54, 1.807) is 6.92 Å². The van der Waals surface area contributed by atoms with E-state index < -0.39 is 0 Å². The molecule has 5 nitrogen and oxygen atoms in total. The summed E-state index contributed by atoms with van der Waals surface area (Å²) in [5.74, 6) is 1.76. The van der Waals surface area contributed by atoms with E-state index in [1.807, 2.05) is 4.90 Å². The van der Waals surface area contributed by atoms with Gasteiger partial charge in [0, 0.05) is 19.9 Å². The van der Waals surface area contributed by atoms with Crippen molar-refractivity contribution in [3.8, 4) is 0 Å². The van der Waals surface area contributed by atoms with Crippen molar-refractivity contribution >= 4 is 5.91 Å². The third kappa shape index (κ3) is 3.19. The number of aryl methyl sites for hydroxylation is 1. The fraction of sp³-hybridized carbons (Fsp3) is 0.800. The Bertz CT molecular complexity index is 476. The summed E-state index contributed by atoms with van der Waals surface area (Å²) < 4.78 is 5.04. The Morgan fingerprint density at radius 3 is 2.75 bits per heavy atom. The average molecular weight is 279 g/mol. The van der Waals surface area contributed by atoms with Gasteiger partial charge in [-0.05, 0) is 24.2 Å². The number of carbonyl (C=O) groups excluding carboxylic acids is 1. The van der Waals surface area contributed by atoms with E-state index in [9.17, 15) is 4.79 Å². The number of hydrogen-bond acceptors (Lipinski definition) is 4. The van der Waals surface area contributed by atoms with E-state index in [4.69, 9.17) is 4.52 Å². The minimum absolute atomic E-state index is 0.00730. The Kier molecular flexibility index (Phi) is 4.16. The van der Waals surface area contributed by atoms with Crippen LogP contribution in [0.15, 0.2) is 4.52 Å². The molecule has 2 unspecified atom stereocenters. The predicted octanol–water partition coefficient (Wildman–Crippen LogP) is 3.11. The lowest BCUT2D eigenvalue weighted by Gasteiger charge is -2.30. The summed E-state index contributed by atoms with van der Waals surface area (Å²) in [7, 11) is 0. The number of aromatic nitrogens is 2. The monoisotopic (exact) mass is 279 g/mol. The summed E-state index contributed by atoms with van der Waals surface area (Å²) in [6.07, 6.45) is 2.51. The van der Waals surface area contributed by atoms with Crippen LogP contribution in [0.2, 0.25) is 0 Å². The van der Waals surface area contributed by atoms with Crippen molar-refractivity contribution in [1.29, 1.82) is 0 Å². The molecule has 112 valence electrons. The van der Waals surface area contributed by atoms with Crippen molar-refractivity contribution in [2.45, 2.75) is 59.9 Å². The summed E-state index contributed by atoms with van der Waals surface area (Å²) in [6, 6.07) is -0.00730. The lowest BCUT2D eigenvalue weighted by molar-refractivity contribution is -0.134. The van der Waals surface area contributed by atoms with E-state index in [1.165, 1.54) is 0 Å². The van der Waals surface area contributed by atoms with Gasteiger partial charge in [0.1, 0.15) is 0 Å². The van der Waals surface area contributed by atoms with Crippen LogP contribution < -0.4 is 0 Å². The second-order valence-corrected chi connectivity index (χ2v) is 6.89. The highest BCUT2D eigenvalue weighted by Crippen LogP contribution is 2.34. The van der Waals surface area contributed by atoms with Crippen molar-refractivity contribution in [2.75, 3.05) is 6.54 Å². The molecule has 0 radical (unpaired) electrons. The standard InChI is InChI=1S/C15H25N3O2/c1-10(15(3,4)5)9-13(19)18-8-6-7-12(18)14-16-11(2)20-17-14/h10,12H,6-9H2,1-5H3. The molecule has 1 fully saturated rings. The molecular formula is C15H25N3O2. The van der Waals surface area contributed by atoms with Crippen LogP contribution in [0.1, 0.15) is 64.7 Å². The smallest absolute Gasteiger partial charge is 0.223 e. The number of amides is 1. The first-order chi connectivity index (χ1) is 9.29. The van der Waals surface area contributed by atoms with Gasteiger partial charge in [-0.25, -0.2) is 0 Å². The van der Waals surface area contributed by atoms with Gasteiger partial charge in [-0.15, -0.1) is 0 Å². The zero-order chi connectivity index (χ0) is 14.9. The third-order valence-electron chi connectivity index (χ3n) is 4.37. The molecule has 0 spiro atoms. The minimum Gasteiger partial charge on any atom is -0.340 e. The molecule has 1 aromatic heterocycles. The summed E-state index contributed by atoms with van der Waals surface area (Å²) in [5.41, 5.74) is 0.146. The molecule has 0 aromatic carbocycles. The zero-order valence-corrected chi connectivity index (χ0v) is 13.1. The normalized spacial score (nSPS) is 21.2. The Morgan fingerprint density at radius 1 is 1.50 bits per heavy atom. The van der Waals surface area contributed by atoms with Gasteiger partial charge in [-0.3, -0.25) is 4.79 Å². The van der Waals surface area contributed by atoms with Crippen LogP contribution in [0.25, 0.3) is 0 Å². The summed E-state index contributed by atoms with van der Waals surface area (Å²) >= 11 is 0. The largest absolute Gasteiger partial charge is 0.340 e. The number of hydrogen-bond donors (Lipinski definition) is 0. The van der Waals surface area contributed by atoms with Crippen LogP contribution in [0.4, 0.5) is 0 Å². The fourth-order valence-electron chi connectivity index (χ4n) is 2.47. The fourth-order valence-corrected chi connectivity index (χ4v) is 2.47. The number of carbonyl (C=O) groups is 1. The van der Waals surface area contributed by atoms with Crippen LogP contribution in [-0.4, -0.2) is 27.5 Å². The zero-order valence-electron chi connectivity index (χ0n) is 13.1. The van der Waals surface area contributed by atoms with Crippen LogP contribution in [0, 0.1) is 18.3 Å². The van der Waals surface area contributed by atoms with Crippen LogP contribution >= 0.6 is 0 Å². The molecule has 0 N–H and O–H groups in total. The first-order valence-corrected chi connectivity index (χ1v) is 7.38. The van der Waals surface area contributed by atoms with Crippen LogP contribution in [0.3, 0.4) is 0 Å². The number of likely N-dealkylation sites (tertiary alicyclic amines) is 1. The van der Waals surface area contributed by atoms with E-state index >= 15 is 0 Å². The lowest BCUT2D eigenvalue weighted by Crippen LogP contribution is -2.34. The molecule has 0 aliphatic carbocycles. The van der Waals surface area contributed by atoms with Crippen molar-refractivity contribution in [3.63, 3.8) is 0 Å². The molecule has 0 saturated carbocycles. The molecule has 1 aliphatic rings. The second kappa shape index (κ2) is 5.54. The Balaban J connectivity index is 2.05. The SMILES string of the molecule is Cc1nc(C2CCCN2C(=O)CC(C)C(C)(C)C)no1. The molecule has 2 rings (SSSR count). The van der Waals surface area contributed by atoms with E-state index in [2.05, 4.69) is 37.8 Å². The lowest BCUT2D eigenvalue weighted by atomic mass is 9.80. The highest BCUT2D eigenvalue weighted by molar-refractivity contribution is 5.77. The Morgan fingerprint density at radius 2 is 2.20 bits per heavy atom. The van der Waals surface area contributed by atoms with Gasteiger partial charge in [0.05, 0.1) is 6.04 Å². The number of rotatable bonds is 3. The average Bonchev–Trinajstić information content (AvgIpc) is 2.95. The highest BCUT2D eigenvalue weighted by atomic mass is 16.5. The van der Waals surface area contributed by atoms with Crippen LogP contribution in [0.5, 0.6) is 0 Å². The highest BCUT2D eigenvalue weighted by Gasteiger charge is 2.34. The summed E-state index contributed by atoms with van der Waals surface area (Å²) in [6.45, 7) is 11.2. The van der Waals surface area contributed by atoms with E-state index in [-0.39, 0.29) is 17.4 Å². The molecular weight excluding hydrogens is 254 g/mol. The predicted molar refractivity (Wildman–Crippen MR) is 76.0 cm³/mol. The van der Waals surface area contributed by atoms with Gasteiger partial charge in [0.15, 0.2) is 5.82 Å². The van der Waals surface area contributed by atoms with Crippen molar-refractivity contribution in [2.24, 2.45) is 11.3 Å². The van der Waals surface area contributed by atoms with E-state index in [0.29, 0.717) is 24.1 Å². The molecule has 1 aromatic rings. The first kappa shape index (κ1) is 15.0. The maximum Gasteiger partial charge on any atom is 0.223 e. The maximum absolute atomic E-state index is 12.5. The number of nitrogens with zero attached hydrogens (tertiary/aromatic N) is 3. The second-order valence-electron chi connectivity index (χ2n) is 6.89. The van der Waals surface area contributed by atoms with E-state index in [0.717, 1.165) is 19.4 Å². The van der Waals surface area contributed by atoms with Crippen molar-refractivity contribution < 1.29 is 9.32 Å². The quantitative estimate of drug-likeness (QED) is 0.853. The molecule has 1 amide bonds. The van der Waals surface area contributed by atoms with Crippen LogP contribution in [-0.2, 0) is 4.79 Å². The Labute approximate surface area is 120 Å². The van der Waals surface area contributed by atoms with Gasteiger partial charge in [0.25, 0.3) is 0 Å². The minimum atomic E-state index is -0.00730. The molecule has 2 heterocycles. The summed E-state index contributed by atoms with van der Waals surface area (Å²) in [5, 5.41) is 3.98. The molecule has 2 atom stereocenters. The maximum atomic E-state index is 12.5. The first-order valence-electron chi connectivity index (χ1n) is 7.38.